The summed E-state index contributed by atoms with van der Waals surface area (Å²) in [5, 5.41) is 1.09. The molecule has 106 valence electrons. The number of fused-ring (bicyclic) bond motifs is 1. The van der Waals surface area contributed by atoms with E-state index in [1.54, 1.807) is 12.4 Å². The second kappa shape index (κ2) is 5.89. The number of aromatic nitrogens is 2. The summed E-state index contributed by atoms with van der Waals surface area (Å²) in [6.45, 7) is 2.04. The number of nitrogens with zero attached hydrogens (tertiary/aromatic N) is 2. The third kappa shape index (κ3) is 3.01. The van der Waals surface area contributed by atoms with Gasteiger partial charge < -0.3 is 10.5 Å². The van der Waals surface area contributed by atoms with Crippen LogP contribution in [0.1, 0.15) is 25.1 Å². The predicted octanol–water partition coefficient (Wildman–Crippen LogP) is 3.83. The quantitative estimate of drug-likeness (QED) is 0.788. The van der Waals surface area contributed by atoms with E-state index in [1.165, 1.54) is 0 Å². The van der Waals surface area contributed by atoms with Gasteiger partial charge in [0.2, 0.25) is 0 Å². The molecule has 0 saturated carbocycles. The number of hydrogen-bond acceptors (Lipinski definition) is 4. The first-order valence-electron chi connectivity index (χ1n) is 7.00. The first-order chi connectivity index (χ1) is 10.3. The lowest BCUT2D eigenvalue weighted by molar-refractivity contribution is 0.479. The Balaban J connectivity index is 1.81. The summed E-state index contributed by atoms with van der Waals surface area (Å²) in [5.74, 6) is 1.44. The maximum Gasteiger partial charge on any atom is 0.145 e. The third-order valence-electron chi connectivity index (χ3n) is 3.39. The molecule has 0 radical (unpaired) electrons. The lowest BCUT2D eigenvalue weighted by Crippen LogP contribution is -2.10. The molecule has 2 heterocycles. The SMILES string of the molecule is CC[C@@H](N)c1ccc(Oc2ccc3cccnc3c2)cn1. The van der Waals surface area contributed by atoms with E-state index in [-0.39, 0.29) is 6.04 Å². The first kappa shape index (κ1) is 13.5. The van der Waals surface area contributed by atoms with Gasteiger partial charge >= 0.3 is 0 Å². The lowest BCUT2D eigenvalue weighted by atomic mass is 10.1. The zero-order valence-corrected chi connectivity index (χ0v) is 11.9. The number of rotatable bonds is 4. The monoisotopic (exact) mass is 279 g/mol. The molecule has 0 bridgehead atoms. The van der Waals surface area contributed by atoms with Crippen molar-refractivity contribution < 1.29 is 4.74 Å². The second-order valence-electron chi connectivity index (χ2n) is 4.89. The van der Waals surface area contributed by atoms with Crippen molar-refractivity contribution in [3.8, 4) is 11.5 Å². The summed E-state index contributed by atoms with van der Waals surface area (Å²) in [6, 6.07) is 13.5. The van der Waals surface area contributed by atoms with E-state index in [4.69, 9.17) is 10.5 Å². The highest BCUT2D eigenvalue weighted by Gasteiger charge is 2.05. The summed E-state index contributed by atoms with van der Waals surface area (Å²) in [5.41, 5.74) is 7.74. The molecule has 4 heteroatoms. The fourth-order valence-electron chi connectivity index (χ4n) is 2.13. The Labute approximate surface area is 123 Å². The zero-order chi connectivity index (χ0) is 14.7. The number of nitrogens with two attached hydrogens (primary N) is 1. The van der Waals surface area contributed by atoms with Crippen molar-refractivity contribution in [1.29, 1.82) is 0 Å². The second-order valence-corrected chi connectivity index (χ2v) is 4.89. The molecule has 4 nitrogen and oxygen atoms in total. The number of benzene rings is 1. The van der Waals surface area contributed by atoms with Gasteiger partial charge in [-0.2, -0.15) is 0 Å². The Morgan fingerprint density at radius 3 is 2.71 bits per heavy atom. The van der Waals surface area contributed by atoms with Crippen LogP contribution in [0.2, 0.25) is 0 Å². The summed E-state index contributed by atoms with van der Waals surface area (Å²) in [4.78, 5) is 8.66. The van der Waals surface area contributed by atoms with Gasteiger partial charge in [0.1, 0.15) is 11.5 Å². The van der Waals surface area contributed by atoms with E-state index in [0.717, 1.165) is 28.8 Å². The van der Waals surface area contributed by atoms with Gasteiger partial charge in [0.25, 0.3) is 0 Å². The van der Waals surface area contributed by atoms with Gasteiger partial charge in [-0.25, -0.2) is 0 Å². The summed E-state index contributed by atoms with van der Waals surface area (Å²) in [7, 11) is 0. The average molecular weight is 279 g/mol. The average Bonchev–Trinajstić information content (AvgIpc) is 2.55. The molecule has 1 aromatic carbocycles. The minimum atomic E-state index is -0.0241. The molecule has 0 aliphatic carbocycles. The number of hydrogen-bond donors (Lipinski definition) is 1. The molecule has 3 aromatic rings. The molecule has 0 amide bonds. The van der Waals surface area contributed by atoms with Crippen LogP contribution in [0.5, 0.6) is 11.5 Å². The van der Waals surface area contributed by atoms with E-state index >= 15 is 0 Å². The molecular weight excluding hydrogens is 262 g/mol. The van der Waals surface area contributed by atoms with Gasteiger partial charge in [0.05, 0.1) is 17.4 Å². The van der Waals surface area contributed by atoms with Crippen LogP contribution in [0, 0.1) is 0 Å². The fourth-order valence-corrected chi connectivity index (χ4v) is 2.13. The van der Waals surface area contributed by atoms with E-state index < -0.39 is 0 Å². The van der Waals surface area contributed by atoms with Crippen LogP contribution in [-0.4, -0.2) is 9.97 Å². The van der Waals surface area contributed by atoms with Gasteiger partial charge in [-0.1, -0.05) is 13.0 Å². The normalized spacial score (nSPS) is 12.3. The Morgan fingerprint density at radius 2 is 1.95 bits per heavy atom. The van der Waals surface area contributed by atoms with Gasteiger partial charge in [-0.05, 0) is 36.8 Å². The molecule has 0 aliphatic rings. The van der Waals surface area contributed by atoms with E-state index in [2.05, 4.69) is 9.97 Å². The number of pyridine rings is 2. The third-order valence-corrected chi connectivity index (χ3v) is 3.39. The molecule has 0 fully saturated rings. The Bertz CT molecular complexity index is 740. The van der Waals surface area contributed by atoms with Crippen LogP contribution in [0.3, 0.4) is 0 Å². The molecule has 21 heavy (non-hydrogen) atoms. The summed E-state index contributed by atoms with van der Waals surface area (Å²) >= 11 is 0. The fraction of sp³-hybridized carbons (Fsp3) is 0.176. The van der Waals surface area contributed by atoms with Crippen molar-refractivity contribution in [2.75, 3.05) is 0 Å². The molecular formula is C17H17N3O. The molecule has 0 unspecified atom stereocenters. The van der Waals surface area contributed by atoms with Crippen LogP contribution in [-0.2, 0) is 0 Å². The van der Waals surface area contributed by atoms with Crippen LogP contribution >= 0.6 is 0 Å². The molecule has 0 aliphatic heterocycles. The van der Waals surface area contributed by atoms with Crippen LogP contribution in [0.4, 0.5) is 0 Å². The Morgan fingerprint density at radius 1 is 1.10 bits per heavy atom. The highest BCUT2D eigenvalue weighted by molar-refractivity contribution is 5.79. The van der Waals surface area contributed by atoms with Crippen molar-refractivity contribution in [2.45, 2.75) is 19.4 Å². The largest absolute Gasteiger partial charge is 0.456 e. The van der Waals surface area contributed by atoms with Gasteiger partial charge in [0, 0.05) is 23.7 Å². The highest BCUT2D eigenvalue weighted by Crippen LogP contribution is 2.25. The standard InChI is InChI=1S/C17H17N3O/c1-2-15(18)16-8-7-14(11-20-16)21-13-6-5-12-4-3-9-19-17(12)10-13/h3-11,15H,2,18H2,1H3/t15-/m1/s1. The summed E-state index contributed by atoms with van der Waals surface area (Å²) in [6.07, 6.45) is 4.34. The van der Waals surface area contributed by atoms with Crippen molar-refractivity contribution in [1.82, 2.24) is 9.97 Å². The van der Waals surface area contributed by atoms with Crippen LogP contribution in [0.25, 0.3) is 10.9 Å². The molecule has 0 spiro atoms. The predicted molar refractivity (Wildman–Crippen MR) is 83.3 cm³/mol. The Hall–Kier alpha value is -2.46. The van der Waals surface area contributed by atoms with E-state index in [9.17, 15) is 0 Å². The smallest absolute Gasteiger partial charge is 0.145 e. The number of ether oxygens (including phenoxy) is 1. The lowest BCUT2D eigenvalue weighted by Gasteiger charge is -2.10. The van der Waals surface area contributed by atoms with Crippen molar-refractivity contribution in [3.05, 3.63) is 60.6 Å². The van der Waals surface area contributed by atoms with E-state index in [1.807, 2.05) is 49.4 Å². The van der Waals surface area contributed by atoms with E-state index in [0.29, 0.717) is 5.75 Å². The van der Waals surface area contributed by atoms with Gasteiger partial charge in [-0.15, -0.1) is 0 Å². The molecule has 2 aromatic heterocycles. The highest BCUT2D eigenvalue weighted by atomic mass is 16.5. The zero-order valence-electron chi connectivity index (χ0n) is 11.9. The van der Waals surface area contributed by atoms with Crippen molar-refractivity contribution in [2.24, 2.45) is 5.73 Å². The minimum Gasteiger partial charge on any atom is -0.456 e. The van der Waals surface area contributed by atoms with Crippen molar-refractivity contribution >= 4 is 10.9 Å². The molecule has 2 N–H and O–H groups in total. The molecule has 3 rings (SSSR count). The molecule has 1 atom stereocenters. The topological polar surface area (TPSA) is 61.0 Å². The van der Waals surface area contributed by atoms with Crippen LogP contribution in [0.15, 0.2) is 54.9 Å². The van der Waals surface area contributed by atoms with Gasteiger partial charge in [0.15, 0.2) is 0 Å². The Kier molecular flexibility index (Phi) is 3.79. The maximum absolute atomic E-state index is 5.95. The minimum absolute atomic E-state index is 0.0241. The first-order valence-corrected chi connectivity index (χ1v) is 7.00. The van der Waals surface area contributed by atoms with Crippen molar-refractivity contribution in [3.63, 3.8) is 0 Å². The van der Waals surface area contributed by atoms with Crippen LogP contribution < -0.4 is 10.5 Å². The maximum atomic E-state index is 5.95. The summed E-state index contributed by atoms with van der Waals surface area (Å²) < 4.78 is 5.81. The van der Waals surface area contributed by atoms with Gasteiger partial charge in [-0.3, -0.25) is 9.97 Å². The molecule has 0 saturated heterocycles.